The van der Waals surface area contributed by atoms with Crippen molar-refractivity contribution < 1.29 is 4.79 Å². The maximum Gasteiger partial charge on any atom is 0.242 e. The molecule has 0 aliphatic rings. The van der Waals surface area contributed by atoms with Crippen LogP contribution in [0.25, 0.3) is 0 Å². The van der Waals surface area contributed by atoms with E-state index in [1.54, 1.807) is 10.9 Å². The number of pyridine rings is 1. The molecule has 0 radical (unpaired) electrons. The summed E-state index contributed by atoms with van der Waals surface area (Å²) in [6.07, 6.45) is 3.63. The second-order valence-corrected chi connectivity index (χ2v) is 6.32. The fourth-order valence-electron chi connectivity index (χ4n) is 1.95. The highest BCUT2D eigenvalue weighted by Gasteiger charge is 2.19. The average molecular weight is 301 g/mol. The van der Waals surface area contributed by atoms with Gasteiger partial charge in [-0.2, -0.15) is 5.10 Å². The molecule has 22 heavy (non-hydrogen) atoms. The minimum absolute atomic E-state index is 0.0493. The topological polar surface area (TPSA) is 71.8 Å². The summed E-state index contributed by atoms with van der Waals surface area (Å²) in [7, 11) is 0. The van der Waals surface area contributed by atoms with E-state index in [9.17, 15) is 4.79 Å². The third-order valence-electron chi connectivity index (χ3n) is 2.95. The standard InChI is InChI=1S/C16H23N5O/c1-12(15(22)19-16(2,3)4)18-14-8-10-21(20-14)11-13-7-5-6-9-17-13/h5-10,12H,11H2,1-4H3,(H,18,20)(H,19,22)/t12-/m1/s1. The van der Waals surface area contributed by atoms with E-state index in [-0.39, 0.29) is 17.5 Å². The van der Waals surface area contributed by atoms with E-state index in [1.807, 2.05) is 58.2 Å². The Kier molecular flexibility index (Phi) is 4.80. The lowest BCUT2D eigenvalue weighted by Crippen LogP contribution is -2.47. The first-order chi connectivity index (χ1) is 10.3. The molecule has 0 saturated heterocycles. The van der Waals surface area contributed by atoms with Crippen molar-refractivity contribution in [2.24, 2.45) is 0 Å². The molecule has 0 saturated carbocycles. The molecule has 2 rings (SSSR count). The van der Waals surface area contributed by atoms with E-state index in [2.05, 4.69) is 20.7 Å². The van der Waals surface area contributed by atoms with Crippen molar-refractivity contribution in [3.63, 3.8) is 0 Å². The molecule has 2 N–H and O–H groups in total. The molecular formula is C16H23N5O. The Balaban J connectivity index is 1.93. The van der Waals surface area contributed by atoms with Crippen LogP contribution in [0, 0.1) is 0 Å². The van der Waals surface area contributed by atoms with Gasteiger partial charge in [0.25, 0.3) is 0 Å². The van der Waals surface area contributed by atoms with Crippen LogP contribution in [0.2, 0.25) is 0 Å². The molecular weight excluding hydrogens is 278 g/mol. The number of aromatic nitrogens is 3. The first-order valence-corrected chi connectivity index (χ1v) is 7.35. The molecule has 2 aromatic heterocycles. The Bertz CT molecular complexity index is 615. The van der Waals surface area contributed by atoms with Gasteiger partial charge in [-0.3, -0.25) is 14.5 Å². The van der Waals surface area contributed by atoms with Crippen molar-refractivity contribution in [2.45, 2.75) is 45.8 Å². The molecule has 1 amide bonds. The Hall–Kier alpha value is -2.37. The highest BCUT2D eigenvalue weighted by atomic mass is 16.2. The van der Waals surface area contributed by atoms with Crippen molar-refractivity contribution in [3.05, 3.63) is 42.4 Å². The van der Waals surface area contributed by atoms with Gasteiger partial charge in [0.1, 0.15) is 11.9 Å². The van der Waals surface area contributed by atoms with Crippen molar-refractivity contribution in [2.75, 3.05) is 5.32 Å². The summed E-state index contributed by atoms with van der Waals surface area (Å²) in [6, 6.07) is 7.29. The van der Waals surface area contributed by atoms with Gasteiger partial charge in [0.05, 0.1) is 12.2 Å². The van der Waals surface area contributed by atoms with Crippen molar-refractivity contribution in [1.82, 2.24) is 20.1 Å². The number of carbonyl (C=O) groups excluding carboxylic acids is 1. The molecule has 0 aliphatic heterocycles. The van der Waals surface area contributed by atoms with E-state index >= 15 is 0 Å². The zero-order valence-corrected chi connectivity index (χ0v) is 13.5. The first-order valence-electron chi connectivity index (χ1n) is 7.35. The molecule has 0 fully saturated rings. The maximum atomic E-state index is 12.0. The van der Waals surface area contributed by atoms with Crippen LogP contribution in [0.5, 0.6) is 0 Å². The summed E-state index contributed by atoms with van der Waals surface area (Å²) >= 11 is 0. The lowest BCUT2D eigenvalue weighted by Gasteiger charge is -2.23. The van der Waals surface area contributed by atoms with Crippen LogP contribution in [0.4, 0.5) is 5.82 Å². The predicted octanol–water partition coefficient (Wildman–Crippen LogP) is 2.04. The smallest absolute Gasteiger partial charge is 0.242 e. The Labute approximate surface area is 130 Å². The van der Waals surface area contributed by atoms with E-state index in [0.29, 0.717) is 12.4 Å². The van der Waals surface area contributed by atoms with Crippen LogP contribution in [0.1, 0.15) is 33.4 Å². The van der Waals surface area contributed by atoms with E-state index in [1.165, 1.54) is 0 Å². The van der Waals surface area contributed by atoms with Crippen LogP contribution in [0.3, 0.4) is 0 Å². The fourth-order valence-corrected chi connectivity index (χ4v) is 1.95. The van der Waals surface area contributed by atoms with Crippen LogP contribution < -0.4 is 10.6 Å². The van der Waals surface area contributed by atoms with Crippen LogP contribution >= 0.6 is 0 Å². The molecule has 0 aliphatic carbocycles. The number of nitrogens with zero attached hydrogens (tertiary/aromatic N) is 3. The molecule has 118 valence electrons. The van der Waals surface area contributed by atoms with Gasteiger partial charge in [-0.15, -0.1) is 0 Å². The normalized spacial score (nSPS) is 12.7. The zero-order valence-electron chi connectivity index (χ0n) is 13.5. The van der Waals surface area contributed by atoms with Gasteiger partial charge in [-0.05, 0) is 39.8 Å². The summed E-state index contributed by atoms with van der Waals surface area (Å²) in [4.78, 5) is 16.3. The Morgan fingerprint density at radius 2 is 2.09 bits per heavy atom. The van der Waals surface area contributed by atoms with Gasteiger partial charge in [0.2, 0.25) is 5.91 Å². The minimum atomic E-state index is -0.350. The van der Waals surface area contributed by atoms with Gasteiger partial charge in [-0.25, -0.2) is 0 Å². The molecule has 6 nitrogen and oxygen atoms in total. The minimum Gasteiger partial charge on any atom is -0.357 e. The number of amides is 1. The second kappa shape index (κ2) is 6.60. The van der Waals surface area contributed by atoms with Crippen molar-refractivity contribution in [1.29, 1.82) is 0 Å². The van der Waals surface area contributed by atoms with Gasteiger partial charge in [0.15, 0.2) is 0 Å². The van der Waals surface area contributed by atoms with Crippen LogP contribution in [-0.4, -0.2) is 32.3 Å². The number of hydrogen-bond acceptors (Lipinski definition) is 4. The third kappa shape index (κ3) is 4.87. The highest BCUT2D eigenvalue weighted by molar-refractivity contribution is 5.84. The van der Waals surface area contributed by atoms with Crippen molar-refractivity contribution >= 4 is 11.7 Å². The number of nitrogens with one attached hydrogen (secondary N) is 2. The fraction of sp³-hybridized carbons (Fsp3) is 0.438. The average Bonchev–Trinajstić information content (AvgIpc) is 2.85. The monoisotopic (exact) mass is 301 g/mol. The number of anilines is 1. The van der Waals surface area contributed by atoms with E-state index in [4.69, 9.17) is 0 Å². The molecule has 0 spiro atoms. The molecule has 0 unspecified atom stereocenters. The highest BCUT2D eigenvalue weighted by Crippen LogP contribution is 2.07. The first kappa shape index (κ1) is 16.0. The van der Waals surface area contributed by atoms with Crippen LogP contribution in [-0.2, 0) is 11.3 Å². The van der Waals surface area contributed by atoms with E-state index < -0.39 is 0 Å². The quantitative estimate of drug-likeness (QED) is 0.886. The summed E-state index contributed by atoms with van der Waals surface area (Å²) in [5.74, 6) is 0.624. The number of hydrogen-bond donors (Lipinski definition) is 2. The lowest BCUT2D eigenvalue weighted by molar-refractivity contribution is -0.122. The van der Waals surface area contributed by atoms with Gasteiger partial charge in [0, 0.05) is 24.0 Å². The lowest BCUT2D eigenvalue weighted by atomic mass is 10.1. The molecule has 0 aromatic carbocycles. The summed E-state index contributed by atoms with van der Waals surface area (Å²) in [6.45, 7) is 8.29. The van der Waals surface area contributed by atoms with Crippen molar-refractivity contribution in [3.8, 4) is 0 Å². The predicted molar refractivity (Wildman–Crippen MR) is 86.5 cm³/mol. The number of rotatable bonds is 5. The molecule has 6 heteroatoms. The van der Waals surface area contributed by atoms with Gasteiger partial charge >= 0.3 is 0 Å². The SMILES string of the molecule is C[C@@H](Nc1ccn(Cc2ccccn2)n1)C(=O)NC(C)(C)C. The Morgan fingerprint density at radius 3 is 2.73 bits per heavy atom. The summed E-state index contributed by atoms with van der Waals surface area (Å²) < 4.78 is 1.79. The second-order valence-electron chi connectivity index (χ2n) is 6.32. The maximum absolute atomic E-state index is 12.0. The molecule has 2 heterocycles. The van der Waals surface area contributed by atoms with E-state index in [0.717, 1.165) is 5.69 Å². The summed E-state index contributed by atoms with van der Waals surface area (Å²) in [5, 5.41) is 10.5. The number of carbonyl (C=O) groups is 1. The Morgan fingerprint density at radius 1 is 1.32 bits per heavy atom. The third-order valence-corrected chi connectivity index (χ3v) is 2.95. The molecule has 2 aromatic rings. The largest absolute Gasteiger partial charge is 0.357 e. The molecule has 1 atom stereocenters. The summed E-state index contributed by atoms with van der Waals surface area (Å²) in [5.41, 5.74) is 0.696. The molecule has 0 bridgehead atoms. The van der Waals surface area contributed by atoms with Gasteiger partial charge < -0.3 is 10.6 Å². The van der Waals surface area contributed by atoms with Crippen LogP contribution in [0.15, 0.2) is 36.7 Å². The zero-order chi connectivity index (χ0) is 16.2. The van der Waals surface area contributed by atoms with Gasteiger partial charge in [-0.1, -0.05) is 6.07 Å².